The van der Waals surface area contributed by atoms with Crippen molar-refractivity contribution in [3.05, 3.63) is 54.5 Å². The van der Waals surface area contributed by atoms with Gasteiger partial charge in [-0.3, -0.25) is 0 Å². The largest absolute Gasteiger partial charge is 0.469 e. The molecule has 1 atom stereocenters. The van der Waals surface area contributed by atoms with Crippen molar-refractivity contribution in [3.8, 4) is 0 Å². The van der Waals surface area contributed by atoms with Crippen LogP contribution in [-0.2, 0) is 16.3 Å². The molecular weight excluding hydrogens is 250 g/mol. The van der Waals surface area contributed by atoms with E-state index in [4.69, 9.17) is 10.2 Å². The highest BCUT2D eigenvalue weighted by Gasteiger charge is 2.27. The number of hydrogen-bond donors (Lipinski definition) is 1. The van der Waals surface area contributed by atoms with E-state index in [0.29, 0.717) is 17.1 Å². The zero-order chi connectivity index (χ0) is 13.0. The van der Waals surface area contributed by atoms with Gasteiger partial charge in [-0.2, -0.15) is 0 Å². The van der Waals surface area contributed by atoms with Crippen LogP contribution in [0.5, 0.6) is 0 Å². The topological polar surface area (TPSA) is 73.3 Å². The standard InChI is InChI=1S/C13H15NO3S/c14-10-13(9-11-5-4-8-17-11)18(15,16)12-6-2-1-3-7-12/h1-8,13H,9-10,14H2. The lowest BCUT2D eigenvalue weighted by Crippen LogP contribution is -2.31. The zero-order valence-corrected chi connectivity index (χ0v) is 10.6. The number of hydrogen-bond acceptors (Lipinski definition) is 4. The Kier molecular flexibility index (Phi) is 3.84. The van der Waals surface area contributed by atoms with E-state index >= 15 is 0 Å². The highest BCUT2D eigenvalue weighted by atomic mass is 32.2. The Bertz CT molecular complexity index is 576. The van der Waals surface area contributed by atoms with E-state index in [1.807, 2.05) is 0 Å². The Balaban J connectivity index is 2.27. The third kappa shape index (κ3) is 2.63. The number of benzene rings is 1. The molecule has 0 aliphatic rings. The monoisotopic (exact) mass is 265 g/mol. The first-order valence-corrected chi connectivity index (χ1v) is 7.20. The number of rotatable bonds is 5. The third-order valence-electron chi connectivity index (χ3n) is 2.78. The van der Waals surface area contributed by atoms with Crippen LogP contribution in [-0.4, -0.2) is 20.2 Å². The van der Waals surface area contributed by atoms with Gasteiger partial charge in [0.25, 0.3) is 0 Å². The molecule has 0 fully saturated rings. The molecule has 18 heavy (non-hydrogen) atoms. The van der Waals surface area contributed by atoms with E-state index in [-0.39, 0.29) is 6.54 Å². The van der Waals surface area contributed by atoms with Gasteiger partial charge >= 0.3 is 0 Å². The summed E-state index contributed by atoms with van der Waals surface area (Å²) in [5, 5.41) is -0.661. The van der Waals surface area contributed by atoms with Gasteiger partial charge in [0.1, 0.15) is 5.76 Å². The Labute approximate surface area is 106 Å². The van der Waals surface area contributed by atoms with Crippen LogP contribution in [0.1, 0.15) is 5.76 Å². The lowest BCUT2D eigenvalue weighted by atomic mass is 10.2. The molecule has 2 rings (SSSR count). The van der Waals surface area contributed by atoms with Crippen LogP contribution in [0.3, 0.4) is 0 Å². The van der Waals surface area contributed by atoms with E-state index in [0.717, 1.165) is 0 Å². The Morgan fingerprint density at radius 3 is 2.39 bits per heavy atom. The first kappa shape index (κ1) is 12.9. The molecule has 4 nitrogen and oxygen atoms in total. The maximum absolute atomic E-state index is 12.4. The fourth-order valence-electron chi connectivity index (χ4n) is 1.78. The molecule has 5 heteroatoms. The molecule has 0 bridgehead atoms. The summed E-state index contributed by atoms with van der Waals surface area (Å²) in [6.45, 7) is 0.0674. The van der Waals surface area contributed by atoms with E-state index in [2.05, 4.69) is 0 Å². The van der Waals surface area contributed by atoms with Gasteiger partial charge in [-0.25, -0.2) is 8.42 Å². The van der Waals surface area contributed by atoms with Gasteiger partial charge in [0.05, 0.1) is 16.4 Å². The van der Waals surface area contributed by atoms with Crippen LogP contribution < -0.4 is 5.73 Å². The van der Waals surface area contributed by atoms with Crippen molar-refractivity contribution in [1.29, 1.82) is 0 Å². The first-order chi connectivity index (χ1) is 8.64. The van der Waals surface area contributed by atoms with Crippen molar-refractivity contribution >= 4 is 9.84 Å². The first-order valence-electron chi connectivity index (χ1n) is 5.66. The van der Waals surface area contributed by atoms with E-state index in [1.54, 1.807) is 42.5 Å². The molecule has 0 aliphatic carbocycles. The second-order valence-corrected chi connectivity index (χ2v) is 6.23. The van der Waals surface area contributed by atoms with Gasteiger partial charge in [0.15, 0.2) is 9.84 Å². The van der Waals surface area contributed by atoms with Gasteiger partial charge in [-0.1, -0.05) is 18.2 Å². The average Bonchev–Trinajstić information content (AvgIpc) is 2.89. The summed E-state index contributed by atoms with van der Waals surface area (Å²) in [7, 11) is -3.41. The van der Waals surface area contributed by atoms with Crippen molar-refractivity contribution in [1.82, 2.24) is 0 Å². The van der Waals surface area contributed by atoms with Crippen LogP contribution >= 0.6 is 0 Å². The summed E-state index contributed by atoms with van der Waals surface area (Å²) in [5.74, 6) is 0.630. The molecule has 1 aromatic heterocycles. The molecule has 0 saturated carbocycles. The smallest absolute Gasteiger partial charge is 0.182 e. The second kappa shape index (κ2) is 5.37. The molecule has 96 valence electrons. The molecule has 1 heterocycles. The lowest BCUT2D eigenvalue weighted by Gasteiger charge is -2.14. The van der Waals surface area contributed by atoms with E-state index in [1.165, 1.54) is 6.26 Å². The number of sulfone groups is 1. The quantitative estimate of drug-likeness (QED) is 0.891. The van der Waals surface area contributed by atoms with Crippen molar-refractivity contribution in [3.63, 3.8) is 0 Å². The fraction of sp³-hybridized carbons (Fsp3) is 0.231. The summed E-state index contributed by atoms with van der Waals surface area (Å²) in [6.07, 6.45) is 1.82. The predicted molar refractivity (Wildman–Crippen MR) is 68.9 cm³/mol. The SMILES string of the molecule is NCC(Cc1ccco1)S(=O)(=O)c1ccccc1. The molecule has 0 amide bonds. The van der Waals surface area contributed by atoms with Crippen molar-refractivity contribution in [2.24, 2.45) is 5.73 Å². The minimum absolute atomic E-state index is 0.0674. The van der Waals surface area contributed by atoms with Crippen LogP contribution in [0.25, 0.3) is 0 Å². The van der Waals surface area contributed by atoms with Crippen molar-refractivity contribution in [2.75, 3.05) is 6.54 Å². The maximum atomic E-state index is 12.4. The van der Waals surface area contributed by atoms with Crippen LogP contribution in [0.15, 0.2) is 58.0 Å². The van der Waals surface area contributed by atoms with Crippen molar-refractivity contribution in [2.45, 2.75) is 16.6 Å². The van der Waals surface area contributed by atoms with Gasteiger partial charge in [0, 0.05) is 13.0 Å². The van der Waals surface area contributed by atoms with E-state index < -0.39 is 15.1 Å². The maximum Gasteiger partial charge on any atom is 0.182 e. The van der Waals surface area contributed by atoms with Gasteiger partial charge < -0.3 is 10.2 Å². The lowest BCUT2D eigenvalue weighted by molar-refractivity contribution is 0.497. The summed E-state index contributed by atoms with van der Waals surface area (Å²) in [5.41, 5.74) is 5.59. The summed E-state index contributed by atoms with van der Waals surface area (Å²) in [6, 6.07) is 11.8. The molecular formula is C13H15NO3S. The van der Waals surface area contributed by atoms with Crippen LogP contribution in [0.2, 0.25) is 0 Å². The molecule has 2 aromatic rings. The molecule has 2 N–H and O–H groups in total. The highest BCUT2D eigenvalue weighted by Crippen LogP contribution is 2.18. The molecule has 0 spiro atoms. The van der Waals surface area contributed by atoms with Crippen LogP contribution in [0, 0.1) is 0 Å². The number of furan rings is 1. The van der Waals surface area contributed by atoms with Gasteiger partial charge in [0.2, 0.25) is 0 Å². The van der Waals surface area contributed by atoms with Crippen LogP contribution in [0.4, 0.5) is 0 Å². The normalized spacial score (nSPS) is 13.4. The fourth-order valence-corrected chi connectivity index (χ4v) is 3.33. The molecule has 0 aliphatic heterocycles. The molecule has 1 unspecified atom stereocenters. The predicted octanol–water partition coefficient (Wildman–Crippen LogP) is 1.62. The molecule has 0 saturated heterocycles. The Morgan fingerprint density at radius 1 is 1.11 bits per heavy atom. The van der Waals surface area contributed by atoms with Gasteiger partial charge in [-0.15, -0.1) is 0 Å². The summed E-state index contributed by atoms with van der Waals surface area (Å²) < 4.78 is 29.9. The molecule has 1 aromatic carbocycles. The Hall–Kier alpha value is -1.59. The Morgan fingerprint density at radius 2 is 1.83 bits per heavy atom. The van der Waals surface area contributed by atoms with E-state index in [9.17, 15) is 8.42 Å². The highest BCUT2D eigenvalue weighted by molar-refractivity contribution is 7.92. The number of nitrogens with two attached hydrogens (primary N) is 1. The minimum atomic E-state index is -3.41. The molecule has 0 radical (unpaired) electrons. The average molecular weight is 265 g/mol. The van der Waals surface area contributed by atoms with Gasteiger partial charge in [-0.05, 0) is 24.3 Å². The van der Waals surface area contributed by atoms with Crippen molar-refractivity contribution < 1.29 is 12.8 Å². The summed E-state index contributed by atoms with van der Waals surface area (Å²) >= 11 is 0. The zero-order valence-electron chi connectivity index (χ0n) is 9.82. The second-order valence-electron chi connectivity index (χ2n) is 4.00. The third-order valence-corrected chi connectivity index (χ3v) is 4.95. The summed E-state index contributed by atoms with van der Waals surface area (Å²) in [4.78, 5) is 0.298. The minimum Gasteiger partial charge on any atom is -0.469 e.